The molecule has 0 rings (SSSR count). The molecular formula is C12H25O2. The van der Waals surface area contributed by atoms with Crippen LogP contribution in [0.2, 0.25) is 0 Å². The molecule has 0 aromatic heterocycles. The fourth-order valence-corrected chi connectivity index (χ4v) is 1.21. The maximum atomic E-state index is 5.59. The van der Waals surface area contributed by atoms with Gasteiger partial charge in [-0.05, 0) is 19.8 Å². The summed E-state index contributed by atoms with van der Waals surface area (Å²) in [7, 11) is 0. The first-order valence-electron chi connectivity index (χ1n) is 5.79. The van der Waals surface area contributed by atoms with E-state index in [1.54, 1.807) is 0 Å². The lowest BCUT2D eigenvalue weighted by Gasteiger charge is -2.12. The highest BCUT2D eigenvalue weighted by Crippen LogP contribution is 2.01. The first-order valence-corrected chi connectivity index (χ1v) is 5.79. The van der Waals surface area contributed by atoms with Gasteiger partial charge >= 0.3 is 0 Å². The zero-order valence-electron chi connectivity index (χ0n) is 9.76. The molecule has 0 aliphatic carbocycles. The fraction of sp³-hybridized carbons (Fsp3) is 0.917. The zero-order valence-corrected chi connectivity index (χ0v) is 9.76. The number of unbranched alkanes of at least 4 members (excludes halogenated alkanes) is 3. The van der Waals surface area contributed by atoms with Gasteiger partial charge in [-0.1, -0.05) is 33.1 Å². The minimum absolute atomic E-state index is 0.225. The van der Waals surface area contributed by atoms with Gasteiger partial charge in [-0.25, -0.2) is 0 Å². The highest BCUT2D eigenvalue weighted by atomic mass is 16.5. The second-order valence-electron chi connectivity index (χ2n) is 3.67. The summed E-state index contributed by atoms with van der Waals surface area (Å²) in [5.74, 6) is 0. The molecule has 1 unspecified atom stereocenters. The highest BCUT2D eigenvalue weighted by Gasteiger charge is 2.00. The summed E-state index contributed by atoms with van der Waals surface area (Å²) in [6, 6.07) is 0. The Hall–Kier alpha value is -0.0800. The Balaban J connectivity index is 3.06. The molecule has 0 saturated heterocycles. The molecule has 0 N–H and O–H groups in total. The number of ether oxygens (including phenoxy) is 2. The zero-order chi connectivity index (χ0) is 10.6. The molecule has 2 nitrogen and oxygen atoms in total. The van der Waals surface area contributed by atoms with Crippen LogP contribution in [0.25, 0.3) is 0 Å². The van der Waals surface area contributed by atoms with Crippen molar-refractivity contribution in [2.24, 2.45) is 0 Å². The molecule has 2 heteroatoms. The van der Waals surface area contributed by atoms with Crippen molar-refractivity contribution in [3.05, 3.63) is 6.92 Å². The molecule has 0 aliphatic heterocycles. The lowest BCUT2D eigenvalue weighted by atomic mass is 10.2. The molecule has 0 heterocycles. The van der Waals surface area contributed by atoms with E-state index in [1.165, 1.54) is 25.7 Å². The lowest BCUT2D eigenvalue weighted by molar-refractivity contribution is -0.00682. The molecule has 85 valence electrons. The van der Waals surface area contributed by atoms with E-state index in [9.17, 15) is 0 Å². The normalized spacial score (nSPS) is 13.1. The Labute approximate surface area is 89.0 Å². The average Bonchev–Trinajstić information content (AvgIpc) is 2.18. The van der Waals surface area contributed by atoms with Gasteiger partial charge in [0, 0.05) is 13.2 Å². The van der Waals surface area contributed by atoms with Crippen molar-refractivity contribution in [2.75, 3.05) is 19.8 Å². The van der Waals surface area contributed by atoms with Gasteiger partial charge in [-0.3, -0.25) is 0 Å². The molecular weight excluding hydrogens is 176 g/mol. The van der Waals surface area contributed by atoms with E-state index in [0.717, 1.165) is 19.6 Å². The predicted octanol–water partition coefficient (Wildman–Crippen LogP) is 3.21. The van der Waals surface area contributed by atoms with Crippen molar-refractivity contribution < 1.29 is 9.47 Å². The van der Waals surface area contributed by atoms with Crippen LogP contribution in [0.3, 0.4) is 0 Å². The average molecular weight is 201 g/mol. The summed E-state index contributed by atoms with van der Waals surface area (Å²) in [5.41, 5.74) is 0. The predicted molar refractivity (Wildman–Crippen MR) is 60.3 cm³/mol. The number of hydrogen-bond donors (Lipinski definition) is 0. The molecule has 0 bridgehead atoms. The fourth-order valence-electron chi connectivity index (χ4n) is 1.21. The summed E-state index contributed by atoms with van der Waals surface area (Å²) >= 11 is 0. The third kappa shape index (κ3) is 10.0. The van der Waals surface area contributed by atoms with Gasteiger partial charge in [-0.15, -0.1) is 0 Å². The minimum Gasteiger partial charge on any atom is -0.379 e. The quantitative estimate of drug-likeness (QED) is 0.505. The van der Waals surface area contributed by atoms with E-state index in [-0.39, 0.29) is 6.10 Å². The van der Waals surface area contributed by atoms with Crippen molar-refractivity contribution in [2.45, 2.75) is 52.1 Å². The first kappa shape index (κ1) is 13.9. The second-order valence-corrected chi connectivity index (χ2v) is 3.67. The van der Waals surface area contributed by atoms with Crippen LogP contribution >= 0.6 is 0 Å². The van der Waals surface area contributed by atoms with Crippen molar-refractivity contribution in [3.63, 3.8) is 0 Å². The topological polar surface area (TPSA) is 18.5 Å². The van der Waals surface area contributed by atoms with Crippen LogP contribution < -0.4 is 0 Å². The molecule has 0 aromatic rings. The molecule has 1 radical (unpaired) electrons. The molecule has 14 heavy (non-hydrogen) atoms. The number of hydrogen-bond acceptors (Lipinski definition) is 2. The number of rotatable bonds is 10. The van der Waals surface area contributed by atoms with Crippen LogP contribution in [-0.2, 0) is 9.47 Å². The van der Waals surface area contributed by atoms with Crippen LogP contribution in [0.5, 0.6) is 0 Å². The van der Waals surface area contributed by atoms with Crippen LogP contribution in [-0.4, -0.2) is 25.9 Å². The van der Waals surface area contributed by atoms with Crippen LogP contribution in [0.4, 0.5) is 0 Å². The lowest BCUT2D eigenvalue weighted by Crippen LogP contribution is -2.17. The first-order chi connectivity index (χ1) is 6.81. The maximum Gasteiger partial charge on any atom is 0.0780 e. The summed E-state index contributed by atoms with van der Waals surface area (Å²) in [4.78, 5) is 0. The summed E-state index contributed by atoms with van der Waals surface area (Å²) in [5, 5.41) is 0. The van der Waals surface area contributed by atoms with Gasteiger partial charge in [0.2, 0.25) is 0 Å². The second kappa shape index (κ2) is 11.0. The van der Waals surface area contributed by atoms with Crippen molar-refractivity contribution in [1.29, 1.82) is 0 Å². The van der Waals surface area contributed by atoms with E-state index in [4.69, 9.17) is 9.47 Å². The van der Waals surface area contributed by atoms with E-state index in [0.29, 0.717) is 6.61 Å². The summed E-state index contributed by atoms with van der Waals surface area (Å²) in [6.45, 7) is 10.3. The molecule has 0 aliphatic rings. The Morgan fingerprint density at radius 1 is 1.14 bits per heavy atom. The monoisotopic (exact) mass is 201 g/mol. The minimum atomic E-state index is 0.225. The third-order valence-electron chi connectivity index (χ3n) is 2.04. The Kier molecular flexibility index (Phi) is 10.9. The van der Waals surface area contributed by atoms with E-state index in [1.807, 2.05) is 0 Å². The molecule has 0 saturated carbocycles. The Bertz CT molecular complexity index is 104. The molecule has 0 fully saturated rings. The standard InChI is InChI=1S/C12H25O2/c1-4-6-7-8-10-14-12(3)11-13-9-5-2/h12H,2,4-11H2,1,3H3. The molecule has 0 aromatic carbocycles. The Morgan fingerprint density at radius 2 is 1.93 bits per heavy atom. The van der Waals surface area contributed by atoms with E-state index in [2.05, 4.69) is 20.8 Å². The highest BCUT2D eigenvalue weighted by molar-refractivity contribution is 4.48. The van der Waals surface area contributed by atoms with Gasteiger partial charge in [0.25, 0.3) is 0 Å². The van der Waals surface area contributed by atoms with Crippen LogP contribution in [0, 0.1) is 6.92 Å². The van der Waals surface area contributed by atoms with Crippen LogP contribution in [0.15, 0.2) is 0 Å². The van der Waals surface area contributed by atoms with Crippen molar-refractivity contribution in [1.82, 2.24) is 0 Å². The molecule has 1 atom stereocenters. The van der Waals surface area contributed by atoms with Gasteiger partial charge < -0.3 is 9.47 Å². The largest absolute Gasteiger partial charge is 0.379 e. The maximum absolute atomic E-state index is 5.59. The van der Waals surface area contributed by atoms with Crippen molar-refractivity contribution in [3.8, 4) is 0 Å². The van der Waals surface area contributed by atoms with Gasteiger partial charge in [-0.2, -0.15) is 0 Å². The van der Waals surface area contributed by atoms with Gasteiger partial charge in [0.15, 0.2) is 0 Å². The summed E-state index contributed by atoms with van der Waals surface area (Å²) < 4.78 is 10.9. The van der Waals surface area contributed by atoms with Crippen LogP contribution in [0.1, 0.15) is 46.0 Å². The van der Waals surface area contributed by atoms with Gasteiger partial charge in [0.1, 0.15) is 0 Å². The summed E-state index contributed by atoms with van der Waals surface area (Å²) in [6.07, 6.45) is 6.11. The Morgan fingerprint density at radius 3 is 2.57 bits per heavy atom. The van der Waals surface area contributed by atoms with Crippen molar-refractivity contribution >= 4 is 0 Å². The third-order valence-corrected chi connectivity index (χ3v) is 2.04. The molecule has 0 spiro atoms. The van der Waals surface area contributed by atoms with E-state index < -0.39 is 0 Å². The van der Waals surface area contributed by atoms with E-state index >= 15 is 0 Å². The SMILES string of the molecule is [CH2]CCOCC(C)OCCCCCC. The van der Waals surface area contributed by atoms with Gasteiger partial charge in [0.05, 0.1) is 12.7 Å². The molecule has 0 amide bonds. The smallest absolute Gasteiger partial charge is 0.0780 e.